The van der Waals surface area contributed by atoms with Crippen LogP contribution in [0.3, 0.4) is 0 Å². The maximum absolute atomic E-state index is 12.4. The van der Waals surface area contributed by atoms with Crippen LogP contribution in [-0.2, 0) is 20.9 Å². The molecule has 1 aromatic heterocycles. The molecule has 1 aliphatic rings. The summed E-state index contributed by atoms with van der Waals surface area (Å²) in [5.41, 5.74) is 1.70. The van der Waals surface area contributed by atoms with Gasteiger partial charge in [-0.25, -0.2) is 4.98 Å². The predicted molar refractivity (Wildman–Crippen MR) is 90.3 cm³/mol. The average molecular weight is 329 g/mol. The average Bonchev–Trinajstić information content (AvgIpc) is 2.96. The number of para-hydroxylation sites is 2. The lowest BCUT2D eigenvalue weighted by Crippen LogP contribution is -2.49. The van der Waals surface area contributed by atoms with Crippen LogP contribution in [0.2, 0.25) is 0 Å². The fourth-order valence-corrected chi connectivity index (χ4v) is 3.45. The summed E-state index contributed by atoms with van der Waals surface area (Å²) in [6.07, 6.45) is 4.76. The normalized spacial score (nSPS) is 21.0. The molecule has 0 N–H and O–H groups in total. The van der Waals surface area contributed by atoms with E-state index >= 15 is 0 Å². The van der Waals surface area contributed by atoms with Gasteiger partial charge in [0, 0.05) is 12.1 Å². The molecule has 0 saturated carbocycles. The van der Waals surface area contributed by atoms with Gasteiger partial charge in [-0.15, -0.1) is 0 Å². The Morgan fingerprint density at radius 3 is 2.67 bits per heavy atom. The van der Waals surface area contributed by atoms with E-state index in [0.717, 1.165) is 30.3 Å². The highest BCUT2D eigenvalue weighted by Crippen LogP contribution is 2.22. The lowest BCUT2D eigenvalue weighted by molar-refractivity contribution is -0.155. The van der Waals surface area contributed by atoms with Gasteiger partial charge in [0.05, 0.1) is 17.4 Å². The Morgan fingerprint density at radius 2 is 1.92 bits per heavy atom. The summed E-state index contributed by atoms with van der Waals surface area (Å²) in [5.74, 6) is -0.539. The van der Waals surface area contributed by atoms with Gasteiger partial charge in [0.1, 0.15) is 6.54 Å². The van der Waals surface area contributed by atoms with Crippen LogP contribution in [0.15, 0.2) is 30.6 Å². The molecule has 1 fully saturated rings. The van der Waals surface area contributed by atoms with Crippen molar-refractivity contribution in [3.63, 3.8) is 0 Å². The Morgan fingerprint density at radius 1 is 1.21 bits per heavy atom. The highest BCUT2D eigenvalue weighted by molar-refractivity contribution is 5.82. The Balaban J connectivity index is 1.56. The minimum atomic E-state index is -0.427. The SMILES string of the molecule is C[C@@H]1CCC[C@@H](C)N1C(=O)COC(=O)Cn1cnc2ccccc21. The highest BCUT2D eigenvalue weighted by atomic mass is 16.5. The second-order valence-corrected chi connectivity index (χ2v) is 6.45. The fourth-order valence-electron chi connectivity index (χ4n) is 3.45. The number of likely N-dealkylation sites (tertiary alicyclic amines) is 1. The molecule has 3 rings (SSSR count). The monoisotopic (exact) mass is 329 g/mol. The molecule has 1 aromatic carbocycles. The standard InChI is InChI=1S/C18H23N3O3/c1-13-6-5-7-14(2)21(13)17(22)11-24-18(23)10-20-12-19-15-8-3-4-9-16(15)20/h3-4,8-9,12-14H,5-7,10-11H2,1-2H3/t13-,14-/m1/s1. The number of esters is 1. The molecule has 0 aliphatic carbocycles. The number of hydrogen-bond donors (Lipinski definition) is 0. The number of benzene rings is 1. The fraction of sp³-hybridized carbons (Fsp3) is 0.500. The highest BCUT2D eigenvalue weighted by Gasteiger charge is 2.29. The first-order valence-corrected chi connectivity index (χ1v) is 8.43. The van der Waals surface area contributed by atoms with Crippen LogP contribution in [-0.4, -0.2) is 45.0 Å². The third-order valence-corrected chi connectivity index (χ3v) is 4.66. The zero-order chi connectivity index (χ0) is 17.1. The van der Waals surface area contributed by atoms with Gasteiger partial charge in [-0.3, -0.25) is 9.59 Å². The minimum Gasteiger partial charge on any atom is -0.454 e. The predicted octanol–water partition coefficient (Wildman–Crippen LogP) is 2.37. The number of hydrogen-bond acceptors (Lipinski definition) is 4. The van der Waals surface area contributed by atoms with Crippen molar-refractivity contribution in [1.29, 1.82) is 0 Å². The molecule has 0 spiro atoms. The molecule has 1 aliphatic heterocycles. The molecule has 6 heteroatoms. The molecule has 24 heavy (non-hydrogen) atoms. The lowest BCUT2D eigenvalue weighted by atomic mass is 9.97. The number of imidazole rings is 1. The van der Waals surface area contributed by atoms with Crippen molar-refractivity contribution >= 4 is 22.9 Å². The summed E-state index contributed by atoms with van der Waals surface area (Å²) in [5, 5.41) is 0. The third kappa shape index (κ3) is 3.42. The van der Waals surface area contributed by atoms with E-state index in [9.17, 15) is 9.59 Å². The Kier molecular flexibility index (Phi) is 4.83. The number of nitrogens with zero attached hydrogens (tertiary/aromatic N) is 3. The van der Waals surface area contributed by atoms with E-state index in [1.54, 1.807) is 10.9 Å². The van der Waals surface area contributed by atoms with Gasteiger partial charge >= 0.3 is 5.97 Å². The minimum absolute atomic E-state index is 0.0545. The van der Waals surface area contributed by atoms with E-state index in [2.05, 4.69) is 4.98 Å². The third-order valence-electron chi connectivity index (χ3n) is 4.66. The van der Waals surface area contributed by atoms with E-state index in [4.69, 9.17) is 4.74 Å². The summed E-state index contributed by atoms with van der Waals surface area (Å²) in [4.78, 5) is 30.5. The van der Waals surface area contributed by atoms with E-state index < -0.39 is 5.97 Å². The van der Waals surface area contributed by atoms with E-state index in [-0.39, 0.29) is 31.1 Å². The number of rotatable bonds is 4. The van der Waals surface area contributed by atoms with E-state index in [1.807, 2.05) is 43.0 Å². The Bertz CT molecular complexity index is 730. The summed E-state index contributed by atoms with van der Waals surface area (Å²) in [6, 6.07) is 8.00. The number of carbonyl (C=O) groups is 2. The first-order valence-electron chi connectivity index (χ1n) is 8.43. The van der Waals surface area contributed by atoms with Crippen LogP contribution >= 0.6 is 0 Å². The van der Waals surface area contributed by atoms with Crippen LogP contribution in [0.1, 0.15) is 33.1 Å². The second kappa shape index (κ2) is 7.03. The quantitative estimate of drug-likeness (QED) is 0.808. The van der Waals surface area contributed by atoms with Gasteiger partial charge in [0.2, 0.25) is 0 Å². The lowest BCUT2D eigenvalue weighted by Gasteiger charge is -2.38. The van der Waals surface area contributed by atoms with Crippen molar-refractivity contribution in [2.75, 3.05) is 6.61 Å². The zero-order valence-corrected chi connectivity index (χ0v) is 14.1. The number of aromatic nitrogens is 2. The largest absolute Gasteiger partial charge is 0.454 e. The van der Waals surface area contributed by atoms with Gasteiger partial charge in [-0.1, -0.05) is 12.1 Å². The van der Waals surface area contributed by atoms with Crippen molar-refractivity contribution in [3.05, 3.63) is 30.6 Å². The Hall–Kier alpha value is -2.37. The van der Waals surface area contributed by atoms with Crippen molar-refractivity contribution < 1.29 is 14.3 Å². The molecule has 2 aromatic rings. The molecule has 1 saturated heterocycles. The van der Waals surface area contributed by atoms with E-state index in [1.165, 1.54) is 0 Å². The zero-order valence-electron chi connectivity index (χ0n) is 14.1. The molecule has 6 nitrogen and oxygen atoms in total. The Labute approximate surface area is 141 Å². The topological polar surface area (TPSA) is 64.4 Å². The number of carbonyl (C=O) groups excluding carboxylic acids is 2. The summed E-state index contributed by atoms with van der Waals surface area (Å²) < 4.78 is 6.93. The van der Waals surface area contributed by atoms with E-state index in [0.29, 0.717) is 0 Å². The molecule has 128 valence electrons. The van der Waals surface area contributed by atoms with Crippen LogP contribution in [0.25, 0.3) is 11.0 Å². The summed E-state index contributed by atoms with van der Waals surface area (Å²) >= 11 is 0. The first kappa shape index (κ1) is 16.5. The van der Waals surface area contributed by atoms with Gasteiger partial charge in [-0.2, -0.15) is 0 Å². The summed E-state index contributed by atoms with van der Waals surface area (Å²) in [6.45, 7) is 3.96. The van der Waals surface area contributed by atoms with Crippen LogP contribution in [0.4, 0.5) is 0 Å². The number of ether oxygens (including phenoxy) is 1. The smallest absolute Gasteiger partial charge is 0.326 e. The van der Waals surface area contributed by atoms with Gasteiger partial charge in [-0.05, 0) is 45.2 Å². The molecule has 2 atom stereocenters. The van der Waals surface area contributed by atoms with Crippen molar-refractivity contribution in [2.45, 2.75) is 51.7 Å². The number of piperidine rings is 1. The number of amides is 1. The van der Waals surface area contributed by atoms with Crippen molar-refractivity contribution in [1.82, 2.24) is 14.5 Å². The van der Waals surface area contributed by atoms with Crippen molar-refractivity contribution in [3.8, 4) is 0 Å². The van der Waals surface area contributed by atoms with Crippen LogP contribution in [0, 0.1) is 0 Å². The van der Waals surface area contributed by atoms with Crippen LogP contribution < -0.4 is 0 Å². The van der Waals surface area contributed by atoms with Gasteiger partial charge in [0.25, 0.3) is 5.91 Å². The van der Waals surface area contributed by atoms with Crippen molar-refractivity contribution in [2.24, 2.45) is 0 Å². The summed E-state index contributed by atoms with van der Waals surface area (Å²) in [7, 11) is 0. The van der Waals surface area contributed by atoms with Crippen LogP contribution in [0.5, 0.6) is 0 Å². The van der Waals surface area contributed by atoms with Gasteiger partial charge in [0.15, 0.2) is 6.61 Å². The molecule has 0 bridgehead atoms. The molecular weight excluding hydrogens is 306 g/mol. The molecule has 2 heterocycles. The number of fused-ring (bicyclic) bond motifs is 1. The molecule has 1 amide bonds. The maximum Gasteiger partial charge on any atom is 0.326 e. The maximum atomic E-state index is 12.4. The van der Waals surface area contributed by atoms with Gasteiger partial charge < -0.3 is 14.2 Å². The second-order valence-electron chi connectivity index (χ2n) is 6.45. The molecular formula is C18H23N3O3. The molecule has 0 radical (unpaired) electrons. The molecule has 0 unspecified atom stereocenters. The first-order chi connectivity index (χ1) is 11.6.